The minimum atomic E-state index is -3.34. The van der Waals surface area contributed by atoms with Gasteiger partial charge < -0.3 is 14.6 Å². The third-order valence-corrected chi connectivity index (χ3v) is 5.70. The van der Waals surface area contributed by atoms with Crippen LogP contribution in [-0.2, 0) is 21.9 Å². The Morgan fingerprint density at radius 3 is 2.52 bits per heavy atom. The van der Waals surface area contributed by atoms with Gasteiger partial charge in [-0.2, -0.15) is 0 Å². The van der Waals surface area contributed by atoms with Crippen molar-refractivity contribution >= 4 is 39.1 Å². The smallest absolute Gasteiger partial charge is 0.234 e. The molecule has 9 nitrogen and oxygen atoms in total. The first-order chi connectivity index (χ1) is 14.8. The van der Waals surface area contributed by atoms with Gasteiger partial charge in [0.1, 0.15) is 5.75 Å². The van der Waals surface area contributed by atoms with Crippen LogP contribution in [0.2, 0.25) is 0 Å². The quantitative estimate of drug-likeness (QED) is 0.471. The van der Waals surface area contributed by atoms with Gasteiger partial charge in [0.05, 0.1) is 24.3 Å². The Hall–Kier alpha value is -3.05. The summed E-state index contributed by atoms with van der Waals surface area (Å²) in [5, 5.41) is 11.8. The zero-order chi connectivity index (χ0) is 22.4. The molecule has 1 aromatic heterocycles. The van der Waals surface area contributed by atoms with Gasteiger partial charge in [0, 0.05) is 18.3 Å². The van der Waals surface area contributed by atoms with Crippen LogP contribution in [0.25, 0.3) is 11.4 Å². The molecule has 2 N–H and O–H groups in total. The molecule has 11 heteroatoms. The average molecular weight is 462 g/mol. The lowest BCUT2D eigenvalue weighted by molar-refractivity contribution is -0.113. The van der Waals surface area contributed by atoms with Crippen LogP contribution in [0.3, 0.4) is 0 Å². The van der Waals surface area contributed by atoms with Crippen molar-refractivity contribution in [3.63, 3.8) is 0 Å². The minimum absolute atomic E-state index is 0.156. The molecule has 0 aliphatic carbocycles. The van der Waals surface area contributed by atoms with Gasteiger partial charge in [0.25, 0.3) is 0 Å². The number of ether oxygens (including phenoxy) is 1. The highest BCUT2D eigenvalue weighted by Gasteiger charge is 2.14. The first-order valence-corrected chi connectivity index (χ1v) is 12.3. The molecule has 31 heavy (non-hydrogen) atoms. The second-order valence-corrected chi connectivity index (χ2v) is 9.27. The van der Waals surface area contributed by atoms with Crippen molar-refractivity contribution < 1.29 is 17.9 Å². The molecule has 164 valence electrons. The second-order valence-electron chi connectivity index (χ2n) is 6.58. The van der Waals surface area contributed by atoms with Crippen molar-refractivity contribution in [2.24, 2.45) is 7.05 Å². The number of rotatable bonds is 9. The molecule has 0 fully saturated rings. The molecule has 0 radical (unpaired) electrons. The summed E-state index contributed by atoms with van der Waals surface area (Å²) < 4.78 is 32.4. The summed E-state index contributed by atoms with van der Waals surface area (Å²) in [5.74, 6) is 1.20. The van der Waals surface area contributed by atoms with E-state index in [0.29, 0.717) is 34.7 Å². The van der Waals surface area contributed by atoms with Crippen LogP contribution in [0, 0.1) is 0 Å². The molecule has 0 aliphatic heterocycles. The highest BCUT2D eigenvalue weighted by Crippen LogP contribution is 2.26. The second kappa shape index (κ2) is 9.84. The molecule has 2 aromatic carbocycles. The molecule has 0 aliphatic rings. The Labute approximate surface area is 185 Å². The molecule has 0 spiro atoms. The van der Waals surface area contributed by atoms with Crippen LogP contribution < -0.4 is 14.8 Å². The van der Waals surface area contributed by atoms with E-state index in [1.165, 1.54) is 11.8 Å². The van der Waals surface area contributed by atoms with Crippen LogP contribution >= 0.6 is 11.8 Å². The molecular weight excluding hydrogens is 438 g/mol. The van der Waals surface area contributed by atoms with E-state index in [2.05, 4.69) is 20.2 Å². The van der Waals surface area contributed by atoms with E-state index in [-0.39, 0.29) is 11.7 Å². The number of hydrogen-bond donors (Lipinski definition) is 2. The van der Waals surface area contributed by atoms with Crippen molar-refractivity contribution in [2.75, 3.05) is 28.7 Å². The fourth-order valence-electron chi connectivity index (χ4n) is 2.76. The van der Waals surface area contributed by atoms with Gasteiger partial charge in [-0.1, -0.05) is 23.9 Å². The highest BCUT2D eigenvalue weighted by molar-refractivity contribution is 7.99. The van der Waals surface area contributed by atoms with E-state index < -0.39 is 10.0 Å². The van der Waals surface area contributed by atoms with Crippen molar-refractivity contribution in [3.05, 3.63) is 48.5 Å². The highest BCUT2D eigenvalue weighted by atomic mass is 32.2. The standard InChI is InChI=1S/C20H23N5O4S2/c1-4-29-17-8-6-5-7-16(17)21-18(26)13-30-20-23-22-19(25(20)2)14-9-11-15(12-10-14)24-31(3,27)28/h5-12,24H,4,13H2,1-3H3,(H,21,26). The fraction of sp³-hybridized carbons (Fsp3) is 0.250. The molecule has 0 saturated carbocycles. The molecule has 0 bridgehead atoms. The number of hydrogen-bond acceptors (Lipinski definition) is 7. The predicted molar refractivity (Wildman–Crippen MR) is 122 cm³/mol. The number of nitrogens with zero attached hydrogens (tertiary/aromatic N) is 3. The van der Waals surface area contributed by atoms with Crippen molar-refractivity contribution in [2.45, 2.75) is 12.1 Å². The molecule has 0 saturated heterocycles. The van der Waals surface area contributed by atoms with Crippen molar-refractivity contribution in [1.29, 1.82) is 0 Å². The van der Waals surface area contributed by atoms with E-state index in [0.717, 1.165) is 11.8 Å². The van der Waals surface area contributed by atoms with Crippen LogP contribution in [-0.4, -0.2) is 47.7 Å². The Morgan fingerprint density at radius 2 is 1.84 bits per heavy atom. The lowest BCUT2D eigenvalue weighted by Gasteiger charge is -2.11. The van der Waals surface area contributed by atoms with Gasteiger partial charge in [-0.15, -0.1) is 10.2 Å². The van der Waals surface area contributed by atoms with Crippen LogP contribution in [0.5, 0.6) is 5.75 Å². The third kappa shape index (κ3) is 6.22. The monoisotopic (exact) mass is 461 g/mol. The molecular formula is C20H23N5O4S2. The molecule has 1 amide bonds. The summed E-state index contributed by atoms with van der Waals surface area (Å²) in [6.45, 7) is 2.39. The number of benzene rings is 2. The normalized spacial score (nSPS) is 11.2. The third-order valence-electron chi connectivity index (χ3n) is 4.07. The van der Waals surface area contributed by atoms with Crippen LogP contribution in [0.1, 0.15) is 6.92 Å². The number of carbonyl (C=O) groups excluding carboxylic acids is 1. The first-order valence-electron chi connectivity index (χ1n) is 9.39. The Kier molecular flexibility index (Phi) is 7.18. The SMILES string of the molecule is CCOc1ccccc1NC(=O)CSc1nnc(-c2ccc(NS(C)(=O)=O)cc2)n1C. The van der Waals surface area contributed by atoms with Crippen molar-refractivity contribution in [3.8, 4) is 17.1 Å². The molecule has 3 aromatic rings. The number of aromatic nitrogens is 3. The summed E-state index contributed by atoms with van der Waals surface area (Å²) in [6, 6.07) is 14.1. The number of nitrogens with one attached hydrogen (secondary N) is 2. The Morgan fingerprint density at radius 1 is 1.13 bits per heavy atom. The van der Waals surface area contributed by atoms with Gasteiger partial charge in [-0.3, -0.25) is 9.52 Å². The zero-order valence-electron chi connectivity index (χ0n) is 17.3. The maximum absolute atomic E-state index is 12.4. The van der Waals surface area contributed by atoms with Gasteiger partial charge in [-0.25, -0.2) is 8.42 Å². The van der Waals surface area contributed by atoms with Gasteiger partial charge in [0.2, 0.25) is 15.9 Å². The van der Waals surface area contributed by atoms with Gasteiger partial charge >= 0.3 is 0 Å². The van der Waals surface area contributed by atoms with Gasteiger partial charge in [-0.05, 0) is 43.3 Å². The largest absolute Gasteiger partial charge is 0.492 e. The lowest BCUT2D eigenvalue weighted by Crippen LogP contribution is -2.15. The summed E-state index contributed by atoms with van der Waals surface area (Å²) in [7, 11) is -1.53. The molecule has 3 rings (SSSR count). The first kappa shape index (κ1) is 22.6. The van der Waals surface area contributed by atoms with E-state index in [1.54, 1.807) is 41.0 Å². The Balaban J connectivity index is 1.64. The molecule has 0 atom stereocenters. The maximum atomic E-state index is 12.4. The fourth-order valence-corrected chi connectivity index (χ4v) is 4.04. The zero-order valence-corrected chi connectivity index (χ0v) is 19.0. The summed E-state index contributed by atoms with van der Waals surface area (Å²) in [6.07, 6.45) is 1.10. The van der Waals surface area contributed by atoms with E-state index in [1.807, 2.05) is 26.1 Å². The number of thioether (sulfide) groups is 1. The minimum Gasteiger partial charge on any atom is -0.492 e. The van der Waals surface area contributed by atoms with Crippen LogP contribution in [0.15, 0.2) is 53.7 Å². The number of amides is 1. The topological polar surface area (TPSA) is 115 Å². The van der Waals surface area contributed by atoms with E-state index in [9.17, 15) is 13.2 Å². The number of sulfonamides is 1. The van der Waals surface area contributed by atoms with Crippen molar-refractivity contribution in [1.82, 2.24) is 14.8 Å². The average Bonchev–Trinajstić information content (AvgIpc) is 3.08. The number of para-hydroxylation sites is 2. The van der Waals surface area contributed by atoms with E-state index >= 15 is 0 Å². The number of carbonyl (C=O) groups is 1. The summed E-state index contributed by atoms with van der Waals surface area (Å²) >= 11 is 1.26. The lowest BCUT2D eigenvalue weighted by atomic mass is 10.2. The van der Waals surface area contributed by atoms with Crippen LogP contribution in [0.4, 0.5) is 11.4 Å². The summed E-state index contributed by atoms with van der Waals surface area (Å²) in [5.41, 5.74) is 1.86. The number of anilines is 2. The molecule has 0 unspecified atom stereocenters. The van der Waals surface area contributed by atoms with E-state index in [4.69, 9.17) is 4.74 Å². The molecule has 1 heterocycles. The van der Waals surface area contributed by atoms with Gasteiger partial charge in [0.15, 0.2) is 11.0 Å². The Bertz CT molecular complexity index is 1160. The maximum Gasteiger partial charge on any atom is 0.234 e. The summed E-state index contributed by atoms with van der Waals surface area (Å²) in [4.78, 5) is 12.4. The predicted octanol–water partition coefficient (Wildman–Crippen LogP) is 2.98.